The fraction of sp³-hybridized carbons (Fsp3) is 0.149. The van der Waals surface area contributed by atoms with Gasteiger partial charge in [-0.05, 0) is 89.2 Å². The molecular weight excluding hydrogens is 621 g/mol. The summed E-state index contributed by atoms with van der Waals surface area (Å²) in [5.41, 5.74) is 13.8. The highest BCUT2D eigenvalue weighted by atomic mass is 28.3. The summed E-state index contributed by atoms with van der Waals surface area (Å²) in [6, 6.07) is 54.6. The van der Waals surface area contributed by atoms with Crippen LogP contribution in [-0.4, -0.2) is 12.6 Å². The number of fused-ring (bicyclic) bond motifs is 8. The molecule has 0 radical (unpaired) electrons. The van der Waals surface area contributed by atoms with E-state index in [2.05, 4.69) is 195 Å². The van der Waals surface area contributed by atoms with Crippen molar-refractivity contribution in [2.75, 3.05) is 4.90 Å². The molecule has 1 aromatic heterocycles. The molecule has 0 aliphatic heterocycles. The molecule has 0 fully saturated rings. The van der Waals surface area contributed by atoms with Crippen molar-refractivity contribution in [1.29, 1.82) is 0 Å². The first-order valence-corrected chi connectivity index (χ1v) is 21.3. The molecule has 0 saturated carbocycles. The van der Waals surface area contributed by atoms with E-state index in [0.717, 1.165) is 0 Å². The van der Waals surface area contributed by atoms with Crippen molar-refractivity contribution in [2.24, 2.45) is 0 Å². The summed E-state index contributed by atoms with van der Waals surface area (Å²) in [5, 5.41) is 6.60. The van der Waals surface area contributed by atoms with Gasteiger partial charge in [-0.3, -0.25) is 0 Å². The molecule has 9 rings (SSSR count). The van der Waals surface area contributed by atoms with Crippen molar-refractivity contribution in [1.82, 2.24) is 4.57 Å². The maximum absolute atomic E-state index is 2.50. The van der Waals surface area contributed by atoms with Crippen LogP contribution < -0.4 is 10.1 Å². The molecule has 0 unspecified atom stereocenters. The molecule has 244 valence electrons. The fourth-order valence-electron chi connectivity index (χ4n) is 8.31. The SMILES string of the molecule is Cc1ccc(N(c2cccc([Si](C)(C)C)c2)c2cc3c(c4ccccc24)-c2ccc(-n4c5ccccc5c5ccccc54)cc2C3(C)C)cc1. The summed E-state index contributed by atoms with van der Waals surface area (Å²) in [4.78, 5) is 2.49. The monoisotopic (exact) mass is 662 g/mol. The van der Waals surface area contributed by atoms with Gasteiger partial charge in [0.05, 0.1) is 24.8 Å². The maximum Gasteiger partial charge on any atom is 0.0776 e. The van der Waals surface area contributed by atoms with Gasteiger partial charge in [-0.2, -0.15) is 0 Å². The number of para-hydroxylation sites is 2. The van der Waals surface area contributed by atoms with Crippen LogP contribution in [-0.2, 0) is 5.41 Å². The van der Waals surface area contributed by atoms with Gasteiger partial charge < -0.3 is 9.47 Å². The van der Waals surface area contributed by atoms with Crippen LogP contribution in [0, 0.1) is 6.92 Å². The quantitative estimate of drug-likeness (QED) is 0.167. The van der Waals surface area contributed by atoms with Gasteiger partial charge in [0.2, 0.25) is 0 Å². The highest BCUT2D eigenvalue weighted by Crippen LogP contribution is 2.55. The average Bonchev–Trinajstić information content (AvgIpc) is 3.57. The smallest absolute Gasteiger partial charge is 0.0776 e. The zero-order valence-electron chi connectivity index (χ0n) is 29.8. The van der Waals surface area contributed by atoms with Gasteiger partial charge in [0.25, 0.3) is 0 Å². The van der Waals surface area contributed by atoms with E-state index in [1.165, 1.54) is 88.3 Å². The van der Waals surface area contributed by atoms with Gasteiger partial charge in [0, 0.05) is 38.6 Å². The molecule has 50 heavy (non-hydrogen) atoms. The number of benzene rings is 7. The summed E-state index contributed by atoms with van der Waals surface area (Å²) in [5.74, 6) is 0. The third-order valence-corrected chi connectivity index (χ3v) is 13.0. The minimum atomic E-state index is -1.55. The minimum Gasteiger partial charge on any atom is -0.310 e. The van der Waals surface area contributed by atoms with Crippen LogP contribution in [0.4, 0.5) is 17.1 Å². The molecule has 7 aromatic carbocycles. The number of aryl methyl sites for hydroxylation is 1. The average molecular weight is 663 g/mol. The van der Waals surface area contributed by atoms with Crippen molar-refractivity contribution in [3.8, 4) is 16.8 Å². The van der Waals surface area contributed by atoms with E-state index in [0.29, 0.717) is 0 Å². The van der Waals surface area contributed by atoms with Crippen LogP contribution in [0.3, 0.4) is 0 Å². The lowest BCUT2D eigenvalue weighted by atomic mass is 9.81. The molecule has 3 heteroatoms. The van der Waals surface area contributed by atoms with Crippen molar-refractivity contribution >= 4 is 62.9 Å². The van der Waals surface area contributed by atoms with E-state index >= 15 is 0 Å². The maximum atomic E-state index is 2.50. The summed E-state index contributed by atoms with van der Waals surface area (Å²) < 4.78 is 2.44. The lowest BCUT2D eigenvalue weighted by Crippen LogP contribution is -2.37. The first-order chi connectivity index (χ1) is 24.1. The van der Waals surface area contributed by atoms with E-state index in [-0.39, 0.29) is 5.41 Å². The zero-order valence-corrected chi connectivity index (χ0v) is 30.8. The van der Waals surface area contributed by atoms with Crippen LogP contribution in [0.5, 0.6) is 0 Å². The van der Waals surface area contributed by atoms with Crippen LogP contribution >= 0.6 is 0 Å². The Kier molecular flexibility index (Phi) is 6.78. The van der Waals surface area contributed by atoms with E-state index in [1.807, 2.05) is 0 Å². The largest absolute Gasteiger partial charge is 0.310 e. The van der Waals surface area contributed by atoms with Crippen LogP contribution in [0.25, 0.3) is 49.4 Å². The number of nitrogens with zero attached hydrogens (tertiary/aromatic N) is 2. The summed E-state index contributed by atoms with van der Waals surface area (Å²) in [6.45, 7) is 14.3. The number of hydrogen-bond donors (Lipinski definition) is 0. The molecular formula is C47H42N2Si. The molecule has 0 amide bonds. The lowest BCUT2D eigenvalue weighted by Gasteiger charge is -2.31. The second kappa shape index (κ2) is 11.1. The standard InChI is InChI=1S/C47H42N2Si/c1-31-22-24-32(25-23-31)48(33-14-13-15-35(28-33)50(4,5)6)45-30-42-46(39-19-8-7-18-38(39)45)40-27-26-34(29-41(40)47(42,2)3)49-43-20-11-9-16-36(43)37-17-10-12-21-44(37)49/h7-30H,1-6H3. The van der Waals surface area contributed by atoms with Gasteiger partial charge in [0.1, 0.15) is 0 Å². The molecule has 0 N–H and O–H groups in total. The Hall–Kier alpha value is -5.38. The summed E-state index contributed by atoms with van der Waals surface area (Å²) >= 11 is 0. The molecule has 1 aliphatic rings. The summed E-state index contributed by atoms with van der Waals surface area (Å²) in [6.07, 6.45) is 0. The molecule has 1 heterocycles. The van der Waals surface area contributed by atoms with E-state index in [9.17, 15) is 0 Å². The Balaban J connectivity index is 1.29. The zero-order chi connectivity index (χ0) is 34.4. The first-order valence-electron chi connectivity index (χ1n) is 17.8. The van der Waals surface area contributed by atoms with Crippen molar-refractivity contribution in [2.45, 2.75) is 45.8 Å². The van der Waals surface area contributed by atoms with Crippen molar-refractivity contribution in [3.05, 3.63) is 162 Å². The molecule has 0 spiro atoms. The predicted molar refractivity (Wildman–Crippen MR) is 218 cm³/mol. The van der Waals surface area contributed by atoms with Gasteiger partial charge >= 0.3 is 0 Å². The predicted octanol–water partition coefficient (Wildman–Crippen LogP) is 12.6. The van der Waals surface area contributed by atoms with Crippen LogP contribution in [0.15, 0.2) is 146 Å². The third-order valence-electron chi connectivity index (χ3n) is 11.0. The van der Waals surface area contributed by atoms with Crippen molar-refractivity contribution in [3.63, 3.8) is 0 Å². The Morgan fingerprint density at radius 2 is 1.16 bits per heavy atom. The van der Waals surface area contributed by atoms with E-state index in [1.54, 1.807) is 0 Å². The highest BCUT2D eigenvalue weighted by Gasteiger charge is 2.38. The van der Waals surface area contributed by atoms with Crippen LogP contribution in [0.2, 0.25) is 19.6 Å². The minimum absolute atomic E-state index is 0.211. The fourth-order valence-corrected chi connectivity index (χ4v) is 9.49. The van der Waals surface area contributed by atoms with Gasteiger partial charge in [0.15, 0.2) is 0 Å². The first kappa shape index (κ1) is 30.7. The third kappa shape index (κ3) is 4.60. The Morgan fingerprint density at radius 1 is 0.540 bits per heavy atom. The molecule has 0 saturated heterocycles. The molecule has 0 atom stereocenters. The second-order valence-corrected chi connectivity index (χ2v) is 20.6. The Labute approximate surface area is 296 Å². The van der Waals surface area contributed by atoms with E-state index < -0.39 is 8.07 Å². The molecule has 0 bridgehead atoms. The normalized spacial score (nSPS) is 13.6. The highest BCUT2D eigenvalue weighted by molar-refractivity contribution is 6.88. The van der Waals surface area contributed by atoms with Crippen molar-refractivity contribution < 1.29 is 0 Å². The van der Waals surface area contributed by atoms with Gasteiger partial charge in [-0.15, -0.1) is 0 Å². The topological polar surface area (TPSA) is 8.17 Å². The van der Waals surface area contributed by atoms with E-state index in [4.69, 9.17) is 0 Å². The van der Waals surface area contributed by atoms with Crippen LogP contribution in [0.1, 0.15) is 30.5 Å². The Bertz CT molecular complexity index is 2560. The lowest BCUT2D eigenvalue weighted by molar-refractivity contribution is 0.660. The number of anilines is 3. The molecule has 2 nitrogen and oxygen atoms in total. The number of hydrogen-bond acceptors (Lipinski definition) is 1. The van der Waals surface area contributed by atoms with Gasteiger partial charge in [-0.25, -0.2) is 0 Å². The molecule has 1 aliphatic carbocycles. The number of rotatable bonds is 5. The number of aromatic nitrogens is 1. The van der Waals surface area contributed by atoms with Gasteiger partial charge in [-0.1, -0.05) is 135 Å². The summed E-state index contributed by atoms with van der Waals surface area (Å²) in [7, 11) is -1.55. The second-order valence-electron chi connectivity index (χ2n) is 15.6. The Morgan fingerprint density at radius 3 is 1.82 bits per heavy atom. The molecule has 8 aromatic rings.